The standard InChI is InChI=1S/C23H23N3S2/c24-26-25-22-14-8-7-13-21(22)23(27-17-15-19-9-3-1-4-10-19)28-18-16-20-11-5-2-6-12-20/h1-14,23H,15-18H2. The molecule has 0 atom stereocenters. The van der Waals surface area contributed by atoms with Crippen molar-refractivity contribution in [2.45, 2.75) is 17.4 Å². The monoisotopic (exact) mass is 405 g/mol. The first-order chi connectivity index (χ1) is 13.9. The minimum Gasteiger partial charge on any atom is -0.142 e. The second-order valence-corrected chi connectivity index (χ2v) is 9.02. The summed E-state index contributed by atoms with van der Waals surface area (Å²) >= 11 is 3.85. The van der Waals surface area contributed by atoms with Crippen LogP contribution in [0.3, 0.4) is 0 Å². The van der Waals surface area contributed by atoms with Crippen LogP contribution in [0.5, 0.6) is 0 Å². The Morgan fingerprint density at radius 2 is 1.21 bits per heavy atom. The van der Waals surface area contributed by atoms with Crippen LogP contribution in [0.15, 0.2) is 90.0 Å². The molecule has 3 nitrogen and oxygen atoms in total. The summed E-state index contributed by atoms with van der Waals surface area (Å²) in [5.74, 6) is 2.05. The van der Waals surface area contributed by atoms with Gasteiger partial charge < -0.3 is 0 Å². The zero-order valence-electron chi connectivity index (χ0n) is 15.6. The van der Waals surface area contributed by atoms with Crippen molar-refractivity contribution in [2.75, 3.05) is 11.5 Å². The molecule has 0 radical (unpaired) electrons. The first kappa shape index (κ1) is 20.4. The third kappa shape index (κ3) is 6.38. The topological polar surface area (TPSA) is 48.8 Å². The van der Waals surface area contributed by atoms with Crippen LogP contribution >= 0.6 is 23.5 Å². The molecule has 0 N–H and O–H groups in total. The lowest BCUT2D eigenvalue weighted by atomic mass is 10.2. The lowest BCUT2D eigenvalue weighted by Crippen LogP contribution is -1.97. The first-order valence-corrected chi connectivity index (χ1v) is 11.4. The molecule has 0 aromatic heterocycles. The van der Waals surface area contributed by atoms with Crippen molar-refractivity contribution >= 4 is 29.2 Å². The summed E-state index contributed by atoms with van der Waals surface area (Å²) in [6.45, 7) is 0. The molecule has 0 aliphatic heterocycles. The van der Waals surface area contributed by atoms with Crippen molar-refractivity contribution in [3.8, 4) is 0 Å². The maximum atomic E-state index is 8.92. The first-order valence-electron chi connectivity index (χ1n) is 9.32. The number of nitrogens with zero attached hydrogens (tertiary/aromatic N) is 3. The largest absolute Gasteiger partial charge is 0.142 e. The van der Waals surface area contributed by atoms with Gasteiger partial charge in [-0.1, -0.05) is 90.0 Å². The molecule has 0 aliphatic rings. The number of benzene rings is 3. The van der Waals surface area contributed by atoms with Gasteiger partial charge in [0.15, 0.2) is 0 Å². The van der Waals surface area contributed by atoms with E-state index < -0.39 is 0 Å². The Kier molecular flexibility index (Phi) is 8.38. The summed E-state index contributed by atoms with van der Waals surface area (Å²) in [5, 5.41) is 3.91. The Balaban J connectivity index is 1.67. The Morgan fingerprint density at radius 3 is 1.75 bits per heavy atom. The van der Waals surface area contributed by atoms with Gasteiger partial charge in [0.05, 0.1) is 4.58 Å². The van der Waals surface area contributed by atoms with E-state index in [4.69, 9.17) is 5.53 Å². The highest BCUT2D eigenvalue weighted by Crippen LogP contribution is 2.43. The molecule has 3 aromatic rings. The van der Waals surface area contributed by atoms with Gasteiger partial charge in [0.2, 0.25) is 0 Å². The number of azide groups is 1. The van der Waals surface area contributed by atoms with Gasteiger partial charge in [0.1, 0.15) is 0 Å². The molecule has 0 amide bonds. The molecule has 0 saturated heterocycles. The fourth-order valence-corrected chi connectivity index (χ4v) is 5.77. The molecule has 3 aromatic carbocycles. The van der Waals surface area contributed by atoms with Crippen LogP contribution in [0.4, 0.5) is 5.69 Å². The van der Waals surface area contributed by atoms with E-state index in [0.717, 1.165) is 35.6 Å². The molecular formula is C23H23N3S2. The van der Waals surface area contributed by atoms with Crippen molar-refractivity contribution in [1.82, 2.24) is 0 Å². The van der Waals surface area contributed by atoms with E-state index in [0.29, 0.717) is 0 Å². The molecule has 5 heteroatoms. The summed E-state index contributed by atoms with van der Waals surface area (Å²) in [6.07, 6.45) is 2.07. The smallest absolute Gasteiger partial charge is 0.0756 e. The molecule has 0 heterocycles. The van der Waals surface area contributed by atoms with Gasteiger partial charge in [-0.05, 0) is 46.6 Å². The molecule has 0 aliphatic carbocycles. The van der Waals surface area contributed by atoms with Gasteiger partial charge in [-0.3, -0.25) is 0 Å². The molecule has 0 saturated carbocycles. The highest BCUT2D eigenvalue weighted by molar-refractivity contribution is 8.16. The van der Waals surface area contributed by atoms with Crippen molar-refractivity contribution < 1.29 is 0 Å². The van der Waals surface area contributed by atoms with Gasteiger partial charge in [-0.25, -0.2) is 0 Å². The van der Waals surface area contributed by atoms with Crippen LogP contribution in [-0.2, 0) is 12.8 Å². The maximum Gasteiger partial charge on any atom is 0.0756 e. The van der Waals surface area contributed by atoms with E-state index in [2.05, 4.69) is 76.8 Å². The van der Waals surface area contributed by atoms with E-state index in [1.54, 1.807) is 0 Å². The van der Waals surface area contributed by atoms with Crippen molar-refractivity contribution in [3.05, 3.63) is 112 Å². The van der Waals surface area contributed by atoms with Gasteiger partial charge in [-0.2, -0.15) is 0 Å². The number of hydrogen-bond donors (Lipinski definition) is 0. The fourth-order valence-electron chi connectivity index (χ4n) is 2.91. The lowest BCUT2D eigenvalue weighted by molar-refractivity contribution is 1.14. The SMILES string of the molecule is [N-]=[N+]=Nc1ccccc1C(SCCc1ccccc1)SCCc1ccccc1. The van der Waals surface area contributed by atoms with Gasteiger partial charge in [0.25, 0.3) is 0 Å². The molecule has 0 fully saturated rings. The zero-order chi connectivity index (χ0) is 19.4. The van der Waals surface area contributed by atoms with Gasteiger partial charge in [0, 0.05) is 10.6 Å². The predicted molar refractivity (Wildman–Crippen MR) is 123 cm³/mol. The van der Waals surface area contributed by atoms with E-state index in [9.17, 15) is 0 Å². The normalized spacial score (nSPS) is 10.6. The average Bonchev–Trinajstić information content (AvgIpc) is 2.75. The Labute approximate surface area is 175 Å². The Morgan fingerprint density at radius 1 is 0.714 bits per heavy atom. The highest BCUT2D eigenvalue weighted by atomic mass is 32.2. The third-order valence-electron chi connectivity index (χ3n) is 4.35. The van der Waals surface area contributed by atoms with Crippen LogP contribution in [0.1, 0.15) is 21.3 Å². The summed E-state index contributed by atoms with van der Waals surface area (Å²) in [6, 6.07) is 29.1. The molecule has 28 heavy (non-hydrogen) atoms. The minimum absolute atomic E-state index is 0.245. The fraction of sp³-hybridized carbons (Fsp3) is 0.217. The molecular weight excluding hydrogens is 382 g/mol. The summed E-state index contributed by atoms with van der Waals surface area (Å²) in [7, 11) is 0. The van der Waals surface area contributed by atoms with Crippen LogP contribution in [0.2, 0.25) is 0 Å². The minimum atomic E-state index is 0.245. The number of aryl methyl sites for hydroxylation is 2. The van der Waals surface area contributed by atoms with Gasteiger partial charge >= 0.3 is 0 Å². The lowest BCUT2D eigenvalue weighted by Gasteiger charge is -2.19. The third-order valence-corrected chi connectivity index (χ3v) is 7.16. The summed E-state index contributed by atoms with van der Waals surface area (Å²) in [5.41, 5.74) is 13.5. The van der Waals surface area contributed by atoms with E-state index in [-0.39, 0.29) is 4.58 Å². The molecule has 0 unspecified atom stereocenters. The second-order valence-electron chi connectivity index (χ2n) is 6.29. The molecule has 142 valence electrons. The van der Waals surface area contributed by atoms with Crippen molar-refractivity contribution in [2.24, 2.45) is 5.11 Å². The van der Waals surface area contributed by atoms with Crippen LogP contribution in [-0.4, -0.2) is 11.5 Å². The van der Waals surface area contributed by atoms with Gasteiger partial charge in [-0.15, -0.1) is 23.5 Å². The zero-order valence-corrected chi connectivity index (χ0v) is 17.3. The van der Waals surface area contributed by atoms with Crippen molar-refractivity contribution in [3.63, 3.8) is 0 Å². The number of hydrogen-bond acceptors (Lipinski definition) is 3. The van der Waals surface area contributed by atoms with E-state index in [1.807, 2.05) is 41.7 Å². The van der Waals surface area contributed by atoms with Crippen LogP contribution < -0.4 is 0 Å². The summed E-state index contributed by atoms with van der Waals surface area (Å²) in [4.78, 5) is 3.01. The Hall–Kier alpha value is -2.33. The number of thioether (sulfide) groups is 2. The highest BCUT2D eigenvalue weighted by Gasteiger charge is 2.16. The van der Waals surface area contributed by atoms with E-state index >= 15 is 0 Å². The second kappa shape index (κ2) is 11.5. The van der Waals surface area contributed by atoms with Crippen molar-refractivity contribution in [1.29, 1.82) is 0 Å². The molecule has 0 spiro atoms. The van der Waals surface area contributed by atoms with Crippen LogP contribution in [0, 0.1) is 0 Å². The maximum absolute atomic E-state index is 8.92. The Bertz CT molecular complexity index is 848. The summed E-state index contributed by atoms with van der Waals surface area (Å²) < 4.78 is 0.245. The number of rotatable bonds is 10. The van der Waals surface area contributed by atoms with Crippen LogP contribution in [0.25, 0.3) is 10.4 Å². The molecule has 3 rings (SSSR count). The molecule has 0 bridgehead atoms. The average molecular weight is 406 g/mol. The quantitative estimate of drug-likeness (QED) is 0.151. The van der Waals surface area contributed by atoms with E-state index in [1.165, 1.54) is 11.1 Å². The predicted octanol–water partition coefficient (Wildman–Crippen LogP) is 7.58.